The first kappa shape index (κ1) is 17.9. The van der Waals surface area contributed by atoms with Crippen molar-refractivity contribution >= 4 is 5.96 Å². The molecule has 0 aliphatic heterocycles. The average Bonchev–Trinajstić information content (AvgIpc) is 3.09. The highest BCUT2D eigenvalue weighted by atomic mass is 16.3. The average molecular weight is 330 g/mol. The van der Waals surface area contributed by atoms with Crippen LogP contribution in [-0.4, -0.2) is 52.6 Å². The second-order valence-corrected chi connectivity index (χ2v) is 5.46. The Morgan fingerprint density at radius 3 is 2.75 bits per heavy atom. The van der Waals surface area contributed by atoms with Gasteiger partial charge in [-0.25, -0.2) is 0 Å². The summed E-state index contributed by atoms with van der Waals surface area (Å²) in [7, 11) is 1.74. The van der Waals surface area contributed by atoms with E-state index in [1.54, 1.807) is 13.4 Å². The zero-order valence-electron chi connectivity index (χ0n) is 14.3. The van der Waals surface area contributed by atoms with Gasteiger partial charge in [0.1, 0.15) is 12.2 Å². The molecular weight excluding hydrogens is 304 g/mol. The number of aryl methyl sites for hydroxylation is 1. The second-order valence-electron chi connectivity index (χ2n) is 5.46. The van der Waals surface area contributed by atoms with Crippen LogP contribution in [0.5, 0.6) is 0 Å². The number of aliphatic imine (C=N–C) groups is 1. The van der Waals surface area contributed by atoms with Crippen LogP contribution in [0.2, 0.25) is 0 Å². The summed E-state index contributed by atoms with van der Waals surface area (Å²) in [5.41, 5.74) is 1.11. The van der Waals surface area contributed by atoms with E-state index in [1.165, 1.54) is 0 Å². The third-order valence-electron chi connectivity index (χ3n) is 3.89. The van der Waals surface area contributed by atoms with Crippen LogP contribution in [0.25, 0.3) is 0 Å². The molecule has 2 aromatic rings. The highest BCUT2D eigenvalue weighted by Gasteiger charge is 2.10. The third kappa shape index (κ3) is 5.06. The van der Waals surface area contributed by atoms with E-state index in [1.807, 2.05) is 34.9 Å². The van der Waals surface area contributed by atoms with Gasteiger partial charge >= 0.3 is 0 Å². The van der Waals surface area contributed by atoms with Crippen LogP contribution in [0.15, 0.2) is 41.7 Å². The Morgan fingerprint density at radius 1 is 1.29 bits per heavy atom. The Hall–Kier alpha value is -2.41. The lowest BCUT2D eigenvalue weighted by Crippen LogP contribution is -2.41. The van der Waals surface area contributed by atoms with Crippen molar-refractivity contribution in [2.75, 3.05) is 26.7 Å². The van der Waals surface area contributed by atoms with Crippen LogP contribution in [0.3, 0.4) is 0 Å². The van der Waals surface area contributed by atoms with Crippen molar-refractivity contribution in [3.8, 4) is 0 Å². The number of nitrogens with zero attached hydrogens (tertiary/aromatic N) is 4. The Labute approximate surface area is 142 Å². The Bertz CT molecular complexity index is 625. The SMILES string of the molecule is CCc1nncn1CCNC(=NC)NCC(CO)c1ccccc1. The number of benzene rings is 1. The van der Waals surface area contributed by atoms with E-state index >= 15 is 0 Å². The number of aromatic nitrogens is 3. The largest absolute Gasteiger partial charge is 0.396 e. The predicted molar refractivity (Wildman–Crippen MR) is 95.0 cm³/mol. The molecule has 24 heavy (non-hydrogen) atoms. The van der Waals surface area contributed by atoms with Gasteiger partial charge in [0.15, 0.2) is 5.96 Å². The maximum absolute atomic E-state index is 9.61. The van der Waals surface area contributed by atoms with Gasteiger partial charge in [-0.2, -0.15) is 0 Å². The second kappa shape index (κ2) is 9.67. The molecule has 0 spiro atoms. The first-order valence-corrected chi connectivity index (χ1v) is 8.25. The van der Waals surface area contributed by atoms with Gasteiger partial charge in [-0.15, -0.1) is 10.2 Å². The van der Waals surface area contributed by atoms with Crippen molar-refractivity contribution < 1.29 is 5.11 Å². The topological polar surface area (TPSA) is 87.4 Å². The zero-order valence-corrected chi connectivity index (χ0v) is 14.3. The van der Waals surface area contributed by atoms with Gasteiger partial charge in [0.05, 0.1) is 6.61 Å². The molecular formula is C17H26N6O. The van der Waals surface area contributed by atoms with Crippen molar-refractivity contribution in [3.63, 3.8) is 0 Å². The number of nitrogens with one attached hydrogen (secondary N) is 2. The molecule has 3 N–H and O–H groups in total. The third-order valence-corrected chi connectivity index (χ3v) is 3.89. The molecule has 2 rings (SSSR count). The molecule has 0 saturated carbocycles. The molecule has 7 heteroatoms. The normalized spacial score (nSPS) is 12.9. The molecule has 0 saturated heterocycles. The molecule has 7 nitrogen and oxygen atoms in total. The van der Waals surface area contributed by atoms with E-state index in [0.29, 0.717) is 6.54 Å². The first-order chi connectivity index (χ1) is 11.8. The minimum absolute atomic E-state index is 0.0364. The summed E-state index contributed by atoms with van der Waals surface area (Å²) >= 11 is 0. The Kier molecular flexibility index (Phi) is 7.22. The summed E-state index contributed by atoms with van der Waals surface area (Å²) in [5.74, 6) is 1.73. The lowest BCUT2D eigenvalue weighted by Gasteiger charge is -2.18. The maximum Gasteiger partial charge on any atom is 0.191 e. The minimum Gasteiger partial charge on any atom is -0.396 e. The van der Waals surface area contributed by atoms with Gasteiger partial charge in [0.2, 0.25) is 0 Å². The summed E-state index contributed by atoms with van der Waals surface area (Å²) in [5, 5.41) is 24.1. The van der Waals surface area contributed by atoms with Gasteiger partial charge in [-0.1, -0.05) is 37.3 Å². The number of aliphatic hydroxyl groups is 1. The molecule has 1 aromatic heterocycles. The Morgan fingerprint density at radius 2 is 2.08 bits per heavy atom. The van der Waals surface area contributed by atoms with Crippen molar-refractivity contribution in [2.45, 2.75) is 25.8 Å². The molecule has 0 bridgehead atoms. The maximum atomic E-state index is 9.61. The molecule has 1 unspecified atom stereocenters. The zero-order chi connectivity index (χ0) is 17.2. The van der Waals surface area contributed by atoms with Crippen LogP contribution in [0.4, 0.5) is 0 Å². The Balaban J connectivity index is 1.80. The summed E-state index contributed by atoms with van der Waals surface area (Å²) in [6.45, 7) is 4.27. The van der Waals surface area contributed by atoms with E-state index in [0.717, 1.165) is 36.9 Å². The van der Waals surface area contributed by atoms with E-state index in [-0.39, 0.29) is 12.5 Å². The van der Waals surface area contributed by atoms with Gasteiger partial charge < -0.3 is 20.3 Å². The van der Waals surface area contributed by atoms with E-state index in [4.69, 9.17) is 0 Å². The van der Waals surface area contributed by atoms with E-state index in [2.05, 4.69) is 32.7 Å². The van der Waals surface area contributed by atoms with Crippen LogP contribution < -0.4 is 10.6 Å². The highest BCUT2D eigenvalue weighted by molar-refractivity contribution is 5.79. The standard InChI is InChI=1S/C17H26N6O/c1-3-16-22-21-13-23(16)10-9-19-17(18-2)20-11-15(12-24)14-7-5-4-6-8-14/h4-8,13,15,24H,3,9-12H2,1-2H3,(H2,18,19,20). The first-order valence-electron chi connectivity index (χ1n) is 8.25. The summed E-state index contributed by atoms with van der Waals surface area (Å²) < 4.78 is 2.03. The van der Waals surface area contributed by atoms with Crippen molar-refractivity contribution in [2.24, 2.45) is 4.99 Å². The van der Waals surface area contributed by atoms with Crippen molar-refractivity contribution in [1.29, 1.82) is 0 Å². The minimum atomic E-state index is 0.0364. The molecule has 0 aliphatic rings. The number of rotatable bonds is 8. The fourth-order valence-corrected chi connectivity index (χ4v) is 2.49. The van der Waals surface area contributed by atoms with E-state index in [9.17, 15) is 5.11 Å². The van der Waals surface area contributed by atoms with Crippen LogP contribution in [-0.2, 0) is 13.0 Å². The summed E-state index contributed by atoms with van der Waals surface area (Å²) in [6, 6.07) is 9.99. The van der Waals surface area contributed by atoms with Gasteiger partial charge in [0, 0.05) is 39.0 Å². The molecule has 1 atom stereocenters. The van der Waals surface area contributed by atoms with Gasteiger partial charge in [-0.3, -0.25) is 4.99 Å². The van der Waals surface area contributed by atoms with Crippen LogP contribution in [0, 0.1) is 0 Å². The molecule has 1 aromatic carbocycles. The van der Waals surface area contributed by atoms with E-state index < -0.39 is 0 Å². The van der Waals surface area contributed by atoms with Gasteiger partial charge in [-0.05, 0) is 5.56 Å². The van der Waals surface area contributed by atoms with Gasteiger partial charge in [0.25, 0.3) is 0 Å². The quantitative estimate of drug-likeness (QED) is 0.492. The molecule has 0 radical (unpaired) electrons. The summed E-state index contributed by atoms with van der Waals surface area (Å²) in [6.07, 6.45) is 2.61. The molecule has 0 aliphatic carbocycles. The molecule has 0 amide bonds. The number of hydrogen-bond acceptors (Lipinski definition) is 4. The van der Waals surface area contributed by atoms with Crippen molar-refractivity contribution in [3.05, 3.63) is 48.0 Å². The molecule has 130 valence electrons. The molecule has 1 heterocycles. The fraction of sp³-hybridized carbons (Fsp3) is 0.471. The fourth-order valence-electron chi connectivity index (χ4n) is 2.49. The lowest BCUT2D eigenvalue weighted by molar-refractivity contribution is 0.265. The van der Waals surface area contributed by atoms with Crippen molar-refractivity contribution in [1.82, 2.24) is 25.4 Å². The summed E-state index contributed by atoms with van der Waals surface area (Å²) in [4.78, 5) is 4.22. The number of hydrogen-bond donors (Lipinski definition) is 3. The van der Waals surface area contributed by atoms with Crippen LogP contribution in [0.1, 0.15) is 24.2 Å². The lowest BCUT2D eigenvalue weighted by atomic mass is 10.0. The van der Waals surface area contributed by atoms with Crippen LogP contribution >= 0.6 is 0 Å². The smallest absolute Gasteiger partial charge is 0.191 e. The highest BCUT2D eigenvalue weighted by Crippen LogP contribution is 2.13. The number of guanidine groups is 1. The monoisotopic (exact) mass is 330 g/mol. The predicted octanol–water partition coefficient (Wildman–Crippen LogP) is 0.782. The molecule has 0 fully saturated rings. The number of aliphatic hydroxyl groups excluding tert-OH is 1.